The molecule has 2 rings (SSSR count). The summed E-state index contributed by atoms with van der Waals surface area (Å²) in [6.45, 7) is 1.95. The Kier molecular flexibility index (Phi) is 2.17. The van der Waals surface area contributed by atoms with Crippen molar-refractivity contribution in [3.05, 3.63) is 47.3 Å². The van der Waals surface area contributed by atoms with Crippen LogP contribution in [0.4, 0.5) is 5.69 Å². The highest BCUT2D eigenvalue weighted by molar-refractivity contribution is 5.53. The summed E-state index contributed by atoms with van der Waals surface area (Å²) < 4.78 is -0.822. The van der Waals surface area contributed by atoms with Crippen LogP contribution in [0.2, 0.25) is 0 Å². The Morgan fingerprint density at radius 1 is 1.40 bits per heavy atom. The van der Waals surface area contributed by atoms with Gasteiger partial charge in [0.25, 0.3) is 0 Å². The number of quaternary nitrogens is 1. The third-order valence-corrected chi connectivity index (χ3v) is 2.83. The van der Waals surface area contributed by atoms with Gasteiger partial charge in [0.2, 0.25) is 5.72 Å². The molecule has 15 heavy (non-hydrogen) atoms. The fraction of sp³-hybridized carbons (Fsp3) is 0.273. The van der Waals surface area contributed by atoms with Crippen molar-refractivity contribution < 1.29 is 5.11 Å². The van der Waals surface area contributed by atoms with E-state index in [-0.39, 0.29) is 0 Å². The van der Waals surface area contributed by atoms with Gasteiger partial charge in [0, 0.05) is 25.6 Å². The van der Waals surface area contributed by atoms with E-state index in [0.29, 0.717) is 12.2 Å². The first-order chi connectivity index (χ1) is 6.99. The predicted molar refractivity (Wildman–Crippen MR) is 59.3 cm³/mol. The van der Waals surface area contributed by atoms with Gasteiger partial charge in [-0.25, -0.2) is 0 Å². The summed E-state index contributed by atoms with van der Waals surface area (Å²) in [6, 6.07) is 7.01. The van der Waals surface area contributed by atoms with E-state index in [1.54, 1.807) is 24.3 Å². The minimum atomic E-state index is -1.36. The maximum atomic E-state index is 12.2. The highest BCUT2D eigenvalue weighted by Crippen LogP contribution is 2.38. The molecule has 0 aliphatic carbocycles. The standard InChI is InChI=1S/C11H14N2O2/c1-11(14)6-7-13(11,15)10-4-2-9(8-12)3-5-10/h2-7,14H,8,12H2,1H3. The third kappa shape index (κ3) is 1.39. The molecule has 0 fully saturated rings. The zero-order valence-electron chi connectivity index (χ0n) is 8.55. The molecule has 1 aliphatic heterocycles. The van der Waals surface area contributed by atoms with Crippen molar-refractivity contribution in [3.8, 4) is 0 Å². The molecule has 2 atom stereocenters. The van der Waals surface area contributed by atoms with Crippen LogP contribution in [-0.4, -0.2) is 10.8 Å². The second-order valence-corrected chi connectivity index (χ2v) is 3.94. The molecule has 80 valence electrons. The van der Waals surface area contributed by atoms with Crippen molar-refractivity contribution in [2.45, 2.75) is 19.2 Å². The van der Waals surface area contributed by atoms with E-state index in [2.05, 4.69) is 0 Å². The monoisotopic (exact) mass is 206 g/mol. The van der Waals surface area contributed by atoms with Gasteiger partial charge < -0.3 is 16.0 Å². The quantitative estimate of drug-likeness (QED) is 0.564. The first-order valence-corrected chi connectivity index (χ1v) is 4.82. The van der Waals surface area contributed by atoms with E-state index in [1.165, 1.54) is 19.2 Å². The Morgan fingerprint density at radius 2 is 2.00 bits per heavy atom. The lowest BCUT2D eigenvalue weighted by atomic mass is 10.1. The second kappa shape index (κ2) is 3.15. The molecule has 2 unspecified atom stereocenters. The normalized spacial score (nSPS) is 33.9. The molecule has 0 saturated carbocycles. The summed E-state index contributed by atoms with van der Waals surface area (Å²) in [5.74, 6) is 0. The molecule has 0 saturated heterocycles. The zero-order valence-corrected chi connectivity index (χ0v) is 8.55. The SMILES string of the molecule is CC1(O)C=C[N+]1([O-])c1ccc(CN)cc1. The molecule has 0 radical (unpaired) electrons. The summed E-state index contributed by atoms with van der Waals surface area (Å²) in [7, 11) is 0. The van der Waals surface area contributed by atoms with E-state index in [1.807, 2.05) is 0 Å². The zero-order chi connectivity index (χ0) is 11.1. The average molecular weight is 206 g/mol. The van der Waals surface area contributed by atoms with E-state index >= 15 is 0 Å². The van der Waals surface area contributed by atoms with Gasteiger partial charge in [0.1, 0.15) is 11.9 Å². The Morgan fingerprint density at radius 3 is 2.33 bits per heavy atom. The van der Waals surface area contributed by atoms with Crippen LogP contribution >= 0.6 is 0 Å². The molecule has 0 amide bonds. The predicted octanol–water partition coefficient (Wildman–Crippen LogP) is 1.19. The average Bonchev–Trinajstić information content (AvgIpc) is 2.26. The fourth-order valence-electron chi connectivity index (χ4n) is 1.63. The summed E-state index contributed by atoms with van der Waals surface area (Å²) in [6.07, 6.45) is 2.92. The van der Waals surface area contributed by atoms with Crippen molar-refractivity contribution in [1.29, 1.82) is 0 Å². The van der Waals surface area contributed by atoms with E-state index < -0.39 is 10.4 Å². The first kappa shape index (κ1) is 10.3. The van der Waals surface area contributed by atoms with Crippen LogP contribution in [0.25, 0.3) is 0 Å². The molecule has 1 aromatic rings. The van der Waals surface area contributed by atoms with E-state index in [9.17, 15) is 10.3 Å². The summed E-state index contributed by atoms with van der Waals surface area (Å²) >= 11 is 0. The minimum Gasteiger partial charge on any atom is -0.620 e. The van der Waals surface area contributed by atoms with E-state index in [4.69, 9.17) is 5.73 Å². The van der Waals surface area contributed by atoms with Crippen LogP contribution in [0.15, 0.2) is 36.5 Å². The first-order valence-electron chi connectivity index (χ1n) is 4.82. The molecule has 1 heterocycles. The molecule has 0 aromatic heterocycles. The van der Waals surface area contributed by atoms with Gasteiger partial charge in [-0.3, -0.25) is 4.65 Å². The Labute approximate surface area is 88.4 Å². The molecule has 4 nitrogen and oxygen atoms in total. The van der Waals surface area contributed by atoms with Crippen molar-refractivity contribution in [3.63, 3.8) is 0 Å². The Bertz CT molecular complexity index is 398. The van der Waals surface area contributed by atoms with Gasteiger partial charge in [0.05, 0.1) is 6.08 Å². The van der Waals surface area contributed by atoms with Crippen LogP contribution in [0.5, 0.6) is 0 Å². The number of hydrogen-bond acceptors (Lipinski definition) is 3. The van der Waals surface area contributed by atoms with Gasteiger partial charge in [-0.05, 0) is 5.56 Å². The third-order valence-electron chi connectivity index (χ3n) is 2.83. The number of benzene rings is 1. The number of aliphatic hydroxyl groups is 1. The molecule has 1 aromatic carbocycles. The molecular formula is C11H14N2O2. The van der Waals surface area contributed by atoms with Crippen LogP contribution in [0.3, 0.4) is 0 Å². The number of hydrogen-bond donors (Lipinski definition) is 2. The lowest BCUT2D eigenvalue weighted by molar-refractivity contribution is -0.0171. The summed E-state index contributed by atoms with van der Waals surface area (Å²) in [5.41, 5.74) is 5.59. The maximum absolute atomic E-state index is 12.2. The van der Waals surface area contributed by atoms with E-state index in [0.717, 1.165) is 5.56 Å². The Balaban J connectivity index is 2.35. The highest BCUT2D eigenvalue weighted by atomic mass is 16.6. The fourth-order valence-corrected chi connectivity index (χ4v) is 1.63. The minimum absolute atomic E-state index is 0.450. The summed E-state index contributed by atoms with van der Waals surface area (Å²) in [5, 5.41) is 21.9. The number of nitrogens with zero attached hydrogens (tertiary/aromatic N) is 1. The van der Waals surface area contributed by atoms with Crippen molar-refractivity contribution in [2.24, 2.45) is 5.73 Å². The molecule has 4 heteroatoms. The van der Waals surface area contributed by atoms with Crippen LogP contribution in [-0.2, 0) is 6.54 Å². The molecule has 0 bridgehead atoms. The van der Waals surface area contributed by atoms with Gasteiger partial charge in [-0.2, -0.15) is 0 Å². The highest BCUT2D eigenvalue weighted by Gasteiger charge is 2.45. The number of rotatable bonds is 2. The smallest absolute Gasteiger partial charge is 0.231 e. The van der Waals surface area contributed by atoms with Gasteiger partial charge in [-0.1, -0.05) is 12.1 Å². The lowest BCUT2D eigenvalue weighted by Gasteiger charge is -2.52. The van der Waals surface area contributed by atoms with Crippen molar-refractivity contribution in [2.75, 3.05) is 0 Å². The second-order valence-electron chi connectivity index (χ2n) is 3.94. The van der Waals surface area contributed by atoms with Crippen LogP contribution in [0, 0.1) is 5.21 Å². The molecular weight excluding hydrogens is 192 g/mol. The van der Waals surface area contributed by atoms with Crippen LogP contribution in [0.1, 0.15) is 12.5 Å². The van der Waals surface area contributed by atoms with Crippen molar-refractivity contribution in [1.82, 2.24) is 4.65 Å². The Hall–Kier alpha value is -1.20. The molecule has 1 aliphatic rings. The van der Waals surface area contributed by atoms with Gasteiger partial charge >= 0.3 is 0 Å². The molecule has 3 N–H and O–H groups in total. The maximum Gasteiger partial charge on any atom is 0.231 e. The number of hydroxylamine groups is 2. The largest absolute Gasteiger partial charge is 0.620 e. The van der Waals surface area contributed by atoms with Crippen LogP contribution < -0.4 is 10.4 Å². The van der Waals surface area contributed by atoms with Gasteiger partial charge in [-0.15, -0.1) is 0 Å². The summed E-state index contributed by atoms with van der Waals surface area (Å²) in [4.78, 5) is 0. The lowest BCUT2D eigenvalue weighted by Crippen LogP contribution is -2.61. The van der Waals surface area contributed by atoms with Gasteiger partial charge in [0.15, 0.2) is 0 Å². The van der Waals surface area contributed by atoms with Crippen molar-refractivity contribution >= 4 is 5.69 Å². The molecule has 0 spiro atoms. The topological polar surface area (TPSA) is 69.3 Å². The number of nitrogens with two attached hydrogens (primary N) is 1.